The van der Waals surface area contributed by atoms with Gasteiger partial charge in [0.1, 0.15) is 11.6 Å². The first-order valence-corrected chi connectivity index (χ1v) is 10.2. The predicted octanol–water partition coefficient (Wildman–Crippen LogP) is 2.93. The molecule has 1 aliphatic heterocycles. The highest BCUT2D eigenvalue weighted by molar-refractivity contribution is 5.32. The second-order valence-electron chi connectivity index (χ2n) is 7.72. The number of aliphatic hydroxyl groups is 1. The first kappa shape index (κ1) is 20.7. The molecule has 0 amide bonds. The van der Waals surface area contributed by atoms with E-state index in [1.165, 1.54) is 24.3 Å². The molecule has 2 aromatic carbocycles. The zero-order valence-corrected chi connectivity index (χ0v) is 16.7. The molecule has 7 heteroatoms. The molecule has 158 valence electrons. The van der Waals surface area contributed by atoms with Crippen LogP contribution in [-0.4, -0.2) is 63.5 Å². The van der Waals surface area contributed by atoms with E-state index in [-0.39, 0.29) is 17.7 Å². The average Bonchev–Trinajstić information content (AvgIpc) is 3.25. The van der Waals surface area contributed by atoms with Crippen LogP contribution in [0.5, 0.6) is 0 Å². The quantitative estimate of drug-likeness (QED) is 0.648. The summed E-state index contributed by atoms with van der Waals surface area (Å²) < 4.78 is 28.6. The third-order valence-electron chi connectivity index (χ3n) is 5.57. The van der Waals surface area contributed by atoms with Crippen molar-refractivity contribution in [1.29, 1.82) is 0 Å². The third-order valence-corrected chi connectivity index (χ3v) is 5.57. The molecule has 30 heavy (non-hydrogen) atoms. The van der Waals surface area contributed by atoms with Gasteiger partial charge in [-0.2, -0.15) is 5.10 Å². The molecule has 3 aromatic rings. The van der Waals surface area contributed by atoms with E-state index in [0.29, 0.717) is 13.1 Å². The Morgan fingerprint density at radius 1 is 0.833 bits per heavy atom. The highest BCUT2D eigenvalue weighted by Gasteiger charge is 2.27. The van der Waals surface area contributed by atoms with Gasteiger partial charge >= 0.3 is 0 Å². The Balaban J connectivity index is 1.42. The molecule has 1 fully saturated rings. The molecule has 0 bridgehead atoms. The van der Waals surface area contributed by atoms with Gasteiger partial charge in [-0.15, -0.1) is 0 Å². The van der Waals surface area contributed by atoms with Gasteiger partial charge in [0.25, 0.3) is 0 Å². The van der Waals surface area contributed by atoms with Gasteiger partial charge in [-0.1, -0.05) is 24.3 Å². The lowest BCUT2D eigenvalue weighted by Gasteiger charge is -2.40. The van der Waals surface area contributed by atoms with Crippen LogP contribution in [0.4, 0.5) is 8.78 Å². The summed E-state index contributed by atoms with van der Waals surface area (Å²) in [7, 11) is 0. The van der Waals surface area contributed by atoms with E-state index >= 15 is 0 Å². The number of nitrogens with zero attached hydrogens (tertiary/aromatic N) is 4. The van der Waals surface area contributed by atoms with Crippen LogP contribution in [0.3, 0.4) is 0 Å². The lowest BCUT2D eigenvalue weighted by atomic mass is 9.96. The number of benzene rings is 2. The van der Waals surface area contributed by atoms with Crippen LogP contribution < -0.4 is 0 Å². The molecular weight excluding hydrogens is 386 g/mol. The molecule has 2 heterocycles. The van der Waals surface area contributed by atoms with Crippen LogP contribution in [-0.2, 0) is 6.54 Å². The van der Waals surface area contributed by atoms with Crippen molar-refractivity contribution in [2.75, 3.05) is 32.7 Å². The topological polar surface area (TPSA) is 44.5 Å². The highest BCUT2D eigenvalue weighted by Crippen LogP contribution is 2.30. The van der Waals surface area contributed by atoms with E-state index in [4.69, 9.17) is 0 Å². The van der Waals surface area contributed by atoms with Crippen LogP contribution in [0, 0.1) is 11.6 Å². The van der Waals surface area contributed by atoms with Crippen LogP contribution in [0.2, 0.25) is 0 Å². The zero-order valence-electron chi connectivity index (χ0n) is 16.7. The molecule has 4 rings (SSSR count). The largest absolute Gasteiger partial charge is 0.390 e. The monoisotopic (exact) mass is 412 g/mol. The van der Waals surface area contributed by atoms with Crippen molar-refractivity contribution in [2.24, 2.45) is 0 Å². The van der Waals surface area contributed by atoms with Crippen molar-refractivity contribution < 1.29 is 13.9 Å². The Kier molecular flexibility index (Phi) is 6.52. The molecule has 1 N–H and O–H groups in total. The Morgan fingerprint density at radius 3 is 1.90 bits per heavy atom. The summed E-state index contributed by atoms with van der Waals surface area (Å²) in [5.74, 6) is -0.541. The van der Waals surface area contributed by atoms with Gasteiger partial charge in [0.05, 0.1) is 18.7 Å². The molecule has 1 aliphatic rings. The van der Waals surface area contributed by atoms with Gasteiger partial charge in [0, 0.05) is 45.1 Å². The van der Waals surface area contributed by atoms with Crippen LogP contribution >= 0.6 is 0 Å². The van der Waals surface area contributed by atoms with E-state index in [1.54, 1.807) is 35.1 Å². The smallest absolute Gasteiger partial charge is 0.123 e. The molecule has 0 radical (unpaired) electrons. The first-order chi connectivity index (χ1) is 14.6. The standard InChI is InChI=1S/C23H26F2N4O/c24-20-6-2-18(3-7-20)23(19-4-8-21(25)9-5-19)28-14-12-27(13-15-28)16-22(30)17-29-11-1-10-26-29/h1-11,22-23,30H,12-17H2/t22-/m1/s1. The summed E-state index contributed by atoms with van der Waals surface area (Å²) in [4.78, 5) is 4.58. The second-order valence-corrected chi connectivity index (χ2v) is 7.72. The lowest BCUT2D eigenvalue weighted by molar-refractivity contribution is 0.0541. The minimum atomic E-state index is -0.485. The maximum absolute atomic E-state index is 13.5. The lowest BCUT2D eigenvalue weighted by Crippen LogP contribution is -2.50. The van der Waals surface area contributed by atoms with Crippen LogP contribution in [0.25, 0.3) is 0 Å². The number of hydrogen-bond acceptors (Lipinski definition) is 4. The van der Waals surface area contributed by atoms with E-state index in [2.05, 4.69) is 14.9 Å². The van der Waals surface area contributed by atoms with E-state index < -0.39 is 6.10 Å². The second kappa shape index (κ2) is 9.47. The van der Waals surface area contributed by atoms with Crippen molar-refractivity contribution in [3.8, 4) is 0 Å². The number of aliphatic hydroxyl groups excluding tert-OH is 1. The molecule has 0 unspecified atom stereocenters. The Hall–Kier alpha value is -2.61. The summed E-state index contributed by atoms with van der Waals surface area (Å²) in [6.45, 7) is 4.29. The van der Waals surface area contributed by atoms with Gasteiger partial charge in [-0.05, 0) is 41.5 Å². The average molecular weight is 412 g/mol. The van der Waals surface area contributed by atoms with Crippen molar-refractivity contribution in [3.05, 3.63) is 89.8 Å². The Bertz CT molecular complexity index is 862. The number of rotatable bonds is 7. The fourth-order valence-electron chi connectivity index (χ4n) is 4.09. The molecule has 0 saturated carbocycles. The first-order valence-electron chi connectivity index (χ1n) is 10.2. The number of piperazine rings is 1. The van der Waals surface area contributed by atoms with Gasteiger partial charge in [0.15, 0.2) is 0 Å². The fraction of sp³-hybridized carbons (Fsp3) is 0.348. The molecule has 1 atom stereocenters. The SMILES string of the molecule is O[C@H](CN1CCN(C(c2ccc(F)cc2)c2ccc(F)cc2)CC1)Cn1cccn1. The summed E-state index contributed by atoms with van der Waals surface area (Å²) in [5.41, 5.74) is 1.96. The van der Waals surface area contributed by atoms with Gasteiger partial charge < -0.3 is 5.11 Å². The number of aromatic nitrogens is 2. The van der Waals surface area contributed by atoms with E-state index in [1.807, 2.05) is 12.3 Å². The fourth-order valence-corrected chi connectivity index (χ4v) is 4.09. The van der Waals surface area contributed by atoms with Crippen molar-refractivity contribution in [3.63, 3.8) is 0 Å². The number of hydrogen-bond donors (Lipinski definition) is 1. The minimum Gasteiger partial charge on any atom is -0.390 e. The van der Waals surface area contributed by atoms with Crippen LogP contribution in [0.15, 0.2) is 67.0 Å². The van der Waals surface area contributed by atoms with Gasteiger partial charge in [-0.25, -0.2) is 8.78 Å². The highest BCUT2D eigenvalue weighted by atomic mass is 19.1. The maximum atomic E-state index is 13.5. The third kappa shape index (κ3) is 5.11. The van der Waals surface area contributed by atoms with Crippen molar-refractivity contribution in [1.82, 2.24) is 19.6 Å². The number of halogens is 2. The molecule has 1 saturated heterocycles. The van der Waals surface area contributed by atoms with Crippen LogP contribution in [0.1, 0.15) is 17.2 Å². The van der Waals surface area contributed by atoms with E-state index in [9.17, 15) is 13.9 Å². The summed E-state index contributed by atoms with van der Waals surface area (Å²) in [6.07, 6.45) is 3.06. The predicted molar refractivity (Wildman–Crippen MR) is 111 cm³/mol. The summed E-state index contributed by atoms with van der Waals surface area (Å²) in [5, 5.41) is 14.5. The maximum Gasteiger partial charge on any atom is 0.123 e. The minimum absolute atomic E-state index is 0.0673. The molecule has 5 nitrogen and oxygen atoms in total. The van der Waals surface area contributed by atoms with E-state index in [0.717, 1.165) is 37.3 Å². The normalized spacial score (nSPS) is 16.8. The Morgan fingerprint density at radius 2 is 1.40 bits per heavy atom. The van der Waals surface area contributed by atoms with Gasteiger partial charge in [0.2, 0.25) is 0 Å². The number of β-amino-alcohol motifs (C(OH)–C–C–N with tert-alkyl or cyclic N) is 1. The summed E-state index contributed by atoms with van der Waals surface area (Å²) >= 11 is 0. The molecule has 0 aliphatic carbocycles. The molecular formula is C23H26F2N4O. The zero-order chi connectivity index (χ0) is 20.9. The molecule has 0 spiro atoms. The molecule has 1 aromatic heterocycles. The summed E-state index contributed by atoms with van der Waals surface area (Å²) in [6, 6.07) is 14.8. The van der Waals surface area contributed by atoms with Gasteiger partial charge in [-0.3, -0.25) is 14.5 Å². The Labute approximate surface area is 175 Å². The van der Waals surface area contributed by atoms with Crippen molar-refractivity contribution >= 4 is 0 Å². The van der Waals surface area contributed by atoms with Crippen molar-refractivity contribution in [2.45, 2.75) is 18.7 Å².